The number of anilines is 1. The van der Waals surface area contributed by atoms with Crippen molar-refractivity contribution in [1.29, 1.82) is 0 Å². The third-order valence-electron chi connectivity index (χ3n) is 22.5. The first kappa shape index (κ1) is 106. The van der Waals surface area contributed by atoms with Crippen molar-refractivity contribution in [1.82, 2.24) is 51.2 Å². The van der Waals surface area contributed by atoms with Crippen molar-refractivity contribution in [2.75, 3.05) is 51.9 Å². The highest BCUT2D eigenvalue weighted by Crippen LogP contribution is 2.59. The van der Waals surface area contributed by atoms with Crippen LogP contribution in [-0.4, -0.2) is 188 Å². The van der Waals surface area contributed by atoms with Crippen LogP contribution < -0.4 is 42.2 Å². The van der Waals surface area contributed by atoms with Gasteiger partial charge >= 0.3 is 42.2 Å². The molecule has 0 radical (unpaired) electrons. The van der Waals surface area contributed by atoms with Gasteiger partial charge in [-0.2, -0.15) is 9.97 Å². The Hall–Kier alpha value is -12.6. The van der Waals surface area contributed by atoms with Crippen LogP contribution in [0.4, 0.5) is 20.2 Å². The quantitative estimate of drug-likeness (QED) is 0.00339. The number of piperidine rings is 1. The van der Waals surface area contributed by atoms with E-state index in [1.807, 2.05) is 109 Å². The number of nitrogens with zero attached hydrogens (tertiary/aromatic N) is 6. The first-order valence-electron chi connectivity index (χ1n) is 45.4. The molecule has 8 aliphatic rings. The molecule has 7 aliphatic carbocycles. The number of alkyl carbamates (subject to hydrolysis) is 3. The molecular weight excluding hydrogens is 1860 g/mol. The second kappa shape index (κ2) is 53.5. The third kappa shape index (κ3) is 35.0. The molecule has 7 heterocycles. The van der Waals surface area contributed by atoms with E-state index in [-0.39, 0.29) is 159 Å². The normalized spacial score (nSPS) is 20.6. The molecule has 3 spiro atoms. The van der Waals surface area contributed by atoms with Gasteiger partial charge in [0, 0.05) is 60.3 Å². The van der Waals surface area contributed by atoms with Gasteiger partial charge in [-0.1, -0.05) is 123 Å². The summed E-state index contributed by atoms with van der Waals surface area (Å²) in [5, 5.41) is 30.4. The van der Waals surface area contributed by atoms with Gasteiger partial charge < -0.3 is 85.6 Å². The molecule has 720 valence electrons. The number of nitrogens with one attached hydrogen (secondary N) is 4. The van der Waals surface area contributed by atoms with Gasteiger partial charge in [0.25, 0.3) is 5.91 Å². The Labute approximate surface area is 800 Å². The van der Waals surface area contributed by atoms with E-state index in [1.54, 1.807) is 94.9 Å². The average Bonchev–Trinajstić information content (AvgIpc) is 0.749. The Morgan fingerprint density at radius 3 is 1.30 bits per heavy atom. The predicted octanol–water partition coefficient (Wildman–Crippen LogP) is 14.9. The minimum Gasteiger partial charge on any atom is -0.474 e. The molecule has 6 aromatic heterocycles. The van der Waals surface area contributed by atoms with Gasteiger partial charge in [-0.3, -0.25) is 29.0 Å². The standard InChI is InChI=1S/C26H27N3O5.C24H24N4O4.C15H19NO3.C12H10NO3.C7H12O4.C6H6N2O.C5H11N.C3H9ISi.C2H6O/c1-2-32-24(30)21-11-18-9-6-10-27-22(18)29-23(21)34-20-14-26(15-20)12-19(13-26)28-25(31)33-16-17-7-4-3-5-8-17;25-20(29)19-9-16-7-4-8-26-21(16)28-22(19)32-18-12-24(13-18)10-17(11-24)27-23(30)31-14-15-5-2-1-3-6-15;17-13-8-15(9-13)6-12(7-15)16-14(18)19-10-11-4-2-1-3-5-11;1-2-16-12(15)9-6-8-4-3-5-13-10(8)7-11(9)14;1-3-10-6(8)5-7(9)11-4-2;7-6-5(4-9)2-1-3-8-6;1-2-4-6-5-3-1;1-5(2,3)4;1-2-3/h3-11,19-20H,2,12-16H2,1H3,(H,28,31);1-9,17-18H,10-14H2,(H2,25,29)(H,27,30);1-5,12-13,17H,6-10H2,(H,16,18);3-6H,1-2,7H2;3-5H2,1-2H3;1-4H,(H2,7,8);6H,1-5H2;1-3H3;3H,2H2,1H3/q;;;+1;;;;;. The number of carbonyl (C=O) groups is 10. The maximum absolute atomic E-state index is 12.5. The van der Waals surface area contributed by atoms with E-state index in [9.17, 15) is 53.1 Å². The highest BCUT2D eigenvalue weighted by Gasteiger charge is 2.56. The molecule has 9 aromatic rings. The zero-order valence-electron chi connectivity index (χ0n) is 77.5. The van der Waals surface area contributed by atoms with E-state index in [0.717, 1.165) is 110 Å². The molecule has 3 aromatic carbocycles. The summed E-state index contributed by atoms with van der Waals surface area (Å²) < 4.78 is 46.9. The molecule has 10 N–H and O–H groups in total. The van der Waals surface area contributed by atoms with Crippen LogP contribution in [0.1, 0.15) is 189 Å². The molecule has 0 unspecified atom stereocenters. The summed E-state index contributed by atoms with van der Waals surface area (Å²) in [6.45, 7) is 21.6. The van der Waals surface area contributed by atoms with Crippen LogP contribution in [-0.2, 0) is 78.6 Å². The van der Waals surface area contributed by atoms with E-state index in [1.165, 1.54) is 38.4 Å². The topological polar surface area (TPSA) is 472 Å². The fourth-order valence-electron chi connectivity index (χ4n) is 16.4. The monoisotopic (exact) mass is 1980 g/mol. The largest absolute Gasteiger partial charge is 0.474 e. The number of hydrogen-bond donors (Lipinski definition) is 8. The fraction of sp³-hybridized carbons (Fsp3) is 0.430. The number of Topliss-reactive ketones (excluding diaryl/α,β-unsaturated/α-hetero) is 1. The number of fused-ring (bicyclic) bond motifs is 3. The lowest BCUT2D eigenvalue weighted by atomic mass is 9.53. The van der Waals surface area contributed by atoms with Crippen LogP contribution in [0.5, 0.6) is 11.8 Å². The second-order valence-electron chi connectivity index (χ2n) is 34.6. The molecule has 4 amide bonds. The molecule has 1 saturated heterocycles. The molecule has 17 rings (SSSR count). The molecule has 0 atom stereocenters. The summed E-state index contributed by atoms with van der Waals surface area (Å²) in [7, 11) is 0. The molecule has 33 nitrogen and oxygen atoms in total. The lowest BCUT2D eigenvalue weighted by Crippen LogP contribution is -2.58. The van der Waals surface area contributed by atoms with Crippen molar-refractivity contribution in [3.63, 3.8) is 0 Å². The number of esters is 4. The van der Waals surface area contributed by atoms with Crippen molar-refractivity contribution < 1.29 is 101 Å². The van der Waals surface area contributed by atoms with Gasteiger partial charge in [0.15, 0.2) is 23.4 Å². The number of aliphatic hydroxyl groups is 2. The maximum atomic E-state index is 12.5. The number of aromatic nitrogens is 6. The van der Waals surface area contributed by atoms with Crippen LogP contribution in [0.15, 0.2) is 182 Å². The number of ketones is 1. The number of aliphatic hydroxyl groups excluding tert-OH is 2. The number of pyridine rings is 6. The summed E-state index contributed by atoms with van der Waals surface area (Å²) in [4.78, 5) is 140. The lowest BCUT2D eigenvalue weighted by Gasteiger charge is -2.56. The van der Waals surface area contributed by atoms with E-state index < -0.39 is 35.4 Å². The number of aldehydes is 1. The highest BCUT2D eigenvalue weighted by molar-refractivity contribution is 14.1. The summed E-state index contributed by atoms with van der Waals surface area (Å²) in [5.74, 6) is -2.19. The number of rotatable bonds is 23. The molecular formula is C100H124IN12O21Si+. The van der Waals surface area contributed by atoms with Crippen molar-refractivity contribution in [2.45, 2.75) is 213 Å². The Balaban J connectivity index is 0.000000185. The minimum absolute atomic E-state index is 0.0172. The number of hydrogen-bond acceptors (Lipinski definition) is 29. The average molecular weight is 1990 g/mol. The van der Waals surface area contributed by atoms with Gasteiger partial charge in [-0.05, 0) is 230 Å². The summed E-state index contributed by atoms with van der Waals surface area (Å²) in [5.41, 5.74) is 17.4. The molecule has 35 heteroatoms. The zero-order valence-corrected chi connectivity index (χ0v) is 80.7. The Bertz CT molecular complexity index is 5350. The van der Waals surface area contributed by atoms with E-state index in [4.69, 9.17) is 49.7 Å². The second-order valence-corrected chi connectivity index (χ2v) is 48.4. The first-order chi connectivity index (χ1) is 64.9. The van der Waals surface area contributed by atoms with Gasteiger partial charge in [-0.15, -0.1) is 21.8 Å². The molecule has 135 heavy (non-hydrogen) atoms. The van der Waals surface area contributed by atoms with E-state index >= 15 is 0 Å². The van der Waals surface area contributed by atoms with Crippen LogP contribution >= 0.6 is 21.8 Å². The van der Waals surface area contributed by atoms with E-state index in [0.29, 0.717) is 46.4 Å². The van der Waals surface area contributed by atoms with Gasteiger partial charge in [0.2, 0.25) is 18.4 Å². The number of amides is 4. The van der Waals surface area contributed by atoms with Gasteiger partial charge in [0.1, 0.15) is 73.5 Å². The van der Waals surface area contributed by atoms with Crippen LogP contribution in [0.2, 0.25) is 19.6 Å². The molecule has 0 bridgehead atoms. The van der Waals surface area contributed by atoms with E-state index in [2.05, 4.69) is 109 Å². The summed E-state index contributed by atoms with van der Waals surface area (Å²) in [6.07, 6.45) is 22.2. The van der Waals surface area contributed by atoms with Gasteiger partial charge in [0.05, 0.1) is 43.6 Å². The number of nitrogens with two attached hydrogens (primary N) is 2. The number of primary amides is 1. The number of benzene rings is 3. The van der Waals surface area contributed by atoms with Crippen molar-refractivity contribution in [3.05, 3.63) is 234 Å². The molecule has 6 saturated carbocycles. The van der Waals surface area contributed by atoms with Gasteiger partial charge in [-0.25, -0.2) is 38.9 Å². The summed E-state index contributed by atoms with van der Waals surface area (Å²) >= 11 is 2.52. The smallest absolute Gasteiger partial charge is 0.407 e. The Morgan fingerprint density at radius 2 is 0.926 bits per heavy atom. The number of ether oxygens (including phenoxy) is 9. The minimum atomic E-state index is -0.641. The zero-order chi connectivity index (χ0) is 97.3. The Morgan fingerprint density at radius 1 is 0.526 bits per heavy atom. The number of nitrogen functional groups attached to an aromatic ring is 1. The lowest BCUT2D eigenvalue weighted by molar-refractivity contribution is -0.154. The Kier molecular flexibility index (Phi) is 42.0. The maximum Gasteiger partial charge on any atom is 0.407 e. The number of halogens is 1. The molecule has 1 aliphatic heterocycles. The van der Waals surface area contributed by atoms with Crippen molar-refractivity contribution >= 4 is 121 Å². The summed E-state index contributed by atoms with van der Waals surface area (Å²) in [6, 6.07) is 46.8. The first-order valence-corrected chi connectivity index (χ1v) is 52.0. The van der Waals surface area contributed by atoms with Crippen molar-refractivity contribution in [3.8, 4) is 11.8 Å². The SMILES string of the molecule is C1CCNCC1.CCO.CCOC(=O)CC(=O)OCC.CCOC(=O)c1cc2cccnc2nc1OC1CC2(CC(NC(=O)OCc3ccccc3)C2)C1.C[Si](C)(C)I.NC(=O)c1cc2cccnc2nc1OC1CC2(CC(NC(=O)OCc3ccccc3)C2)C1.Nc1ncccc1C=O.O=C(NC1CC2(CC(O)C2)C1)OCc1ccccc1.[CH2+]COC(=O)C1=Cc2cccnc2CC1=O. The fourth-order valence-corrected chi connectivity index (χ4v) is 16.4. The van der Waals surface area contributed by atoms with Crippen molar-refractivity contribution in [2.24, 2.45) is 22.0 Å². The van der Waals surface area contributed by atoms with Crippen LogP contribution in [0, 0.1) is 23.2 Å². The number of carbonyl (C=O) groups excluding carboxylic acids is 10. The predicted molar refractivity (Wildman–Crippen MR) is 518 cm³/mol. The van der Waals surface area contributed by atoms with Crippen LogP contribution in [0.3, 0.4) is 0 Å². The third-order valence-corrected chi connectivity index (χ3v) is 22.5. The highest BCUT2D eigenvalue weighted by atomic mass is 127. The van der Waals surface area contributed by atoms with Crippen LogP contribution in [0.25, 0.3) is 28.1 Å². The molecule has 7 fully saturated rings.